The number of likely N-dealkylation sites (N-methyl/N-ethyl adjacent to an activating group) is 2. The normalized spacial score (nSPS) is 18.1. The summed E-state index contributed by atoms with van der Waals surface area (Å²) in [5.74, 6) is -0.609. The Morgan fingerprint density at radius 3 is 2.64 bits per heavy atom. The Morgan fingerprint density at radius 1 is 1.41 bits per heavy atom. The molecule has 1 aliphatic heterocycles. The molecule has 2 rings (SSSR count). The molecule has 4 amide bonds. The first-order chi connectivity index (χ1) is 10.3. The fourth-order valence-corrected chi connectivity index (χ4v) is 2.46. The van der Waals surface area contributed by atoms with E-state index >= 15 is 0 Å². The molecule has 0 unspecified atom stereocenters. The van der Waals surface area contributed by atoms with Gasteiger partial charge in [-0.25, -0.2) is 9.78 Å². The van der Waals surface area contributed by atoms with Crippen LogP contribution in [0.3, 0.4) is 0 Å². The SMILES string of the molecule is CN(Cc1cccnc1Cl)C(=O)C[C@@H]1C(=O)N(C)C(=O)N1C. The van der Waals surface area contributed by atoms with Gasteiger partial charge in [-0.2, -0.15) is 0 Å². The second kappa shape index (κ2) is 6.31. The van der Waals surface area contributed by atoms with Crippen LogP contribution in [0.25, 0.3) is 0 Å². The highest BCUT2D eigenvalue weighted by Crippen LogP contribution is 2.19. The molecule has 1 aromatic rings. The van der Waals surface area contributed by atoms with Gasteiger partial charge in [0.1, 0.15) is 11.2 Å². The van der Waals surface area contributed by atoms with Gasteiger partial charge in [0.15, 0.2) is 0 Å². The van der Waals surface area contributed by atoms with Crippen molar-refractivity contribution >= 4 is 29.4 Å². The lowest BCUT2D eigenvalue weighted by atomic mass is 10.1. The minimum Gasteiger partial charge on any atom is -0.341 e. The second-order valence-corrected chi connectivity index (χ2v) is 5.57. The van der Waals surface area contributed by atoms with Gasteiger partial charge >= 0.3 is 6.03 Å². The average Bonchev–Trinajstić information content (AvgIpc) is 2.67. The first-order valence-corrected chi connectivity index (χ1v) is 7.08. The van der Waals surface area contributed by atoms with Gasteiger partial charge in [0.05, 0.1) is 6.42 Å². The highest BCUT2D eigenvalue weighted by atomic mass is 35.5. The maximum Gasteiger partial charge on any atom is 0.326 e. The van der Waals surface area contributed by atoms with Crippen molar-refractivity contribution in [3.63, 3.8) is 0 Å². The van der Waals surface area contributed by atoms with Crippen LogP contribution in [0.1, 0.15) is 12.0 Å². The van der Waals surface area contributed by atoms with Gasteiger partial charge < -0.3 is 9.80 Å². The lowest BCUT2D eigenvalue weighted by molar-refractivity contribution is -0.135. The van der Waals surface area contributed by atoms with Crippen LogP contribution in [0.15, 0.2) is 18.3 Å². The van der Waals surface area contributed by atoms with Crippen LogP contribution in [0.2, 0.25) is 5.15 Å². The predicted molar refractivity (Wildman–Crippen MR) is 80.1 cm³/mol. The summed E-state index contributed by atoms with van der Waals surface area (Å²) in [5, 5.41) is 0.339. The molecular weight excluding hydrogens is 308 g/mol. The number of nitrogens with zero attached hydrogens (tertiary/aromatic N) is 4. The topological polar surface area (TPSA) is 73.8 Å². The van der Waals surface area contributed by atoms with Crippen molar-refractivity contribution in [2.24, 2.45) is 0 Å². The Morgan fingerprint density at radius 2 is 2.09 bits per heavy atom. The van der Waals surface area contributed by atoms with E-state index in [0.717, 1.165) is 10.5 Å². The molecule has 0 N–H and O–H groups in total. The second-order valence-electron chi connectivity index (χ2n) is 5.21. The summed E-state index contributed by atoms with van der Waals surface area (Å²) in [7, 11) is 4.54. The van der Waals surface area contributed by atoms with Crippen molar-refractivity contribution in [1.82, 2.24) is 19.7 Å². The molecule has 118 valence electrons. The van der Waals surface area contributed by atoms with Crippen LogP contribution < -0.4 is 0 Å². The molecule has 1 saturated heterocycles. The van der Waals surface area contributed by atoms with Crippen molar-refractivity contribution in [1.29, 1.82) is 0 Å². The zero-order valence-corrected chi connectivity index (χ0v) is 13.4. The van der Waals surface area contributed by atoms with E-state index in [4.69, 9.17) is 11.6 Å². The van der Waals surface area contributed by atoms with E-state index < -0.39 is 12.1 Å². The molecule has 8 heteroatoms. The van der Waals surface area contributed by atoms with Crippen LogP contribution in [0.4, 0.5) is 4.79 Å². The van der Waals surface area contributed by atoms with Gasteiger partial charge in [-0.3, -0.25) is 14.5 Å². The third kappa shape index (κ3) is 3.04. The van der Waals surface area contributed by atoms with E-state index in [2.05, 4.69) is 4.98 Å². The van der Waals surface area contributed by atoms with Gasteiger partial charge in [-0.05, 0) is 6.07 Å². The third-order valence-corrected chi connectivity index (χ3v) is 4.05. The fraction of sp³-hybridized carbons (Fsp3) is 0.429. The highest BCUT2D eigenvalue weighted by Gasteiger charge is 2.42. The summed E-state index contributed by atoms with van der Waals surface area (Å²) >= 11 is 5.97. The molecule has 0 saturated carbocycles. The van der Waals surface area contributed by atoms with Gasteiger partial charge in [-0.1, -0.05) is 17.7 Å². The van der Waals surface area contributed by atoms with Crippen LogP contribution in [-0.2, 0) is 16.1 Å². The van der Waals surface area contributed by atoms with E-state index in [1.807, 2.05) is 0 Å². The largest absolute Gasteiger partial charge is 0.341 e. The maximum absolute atomic E-state index is 12.3. The zero-order valence-electron chi connectivity index (χ0n) is 12.6. The number of amides is 4. The number of rotatable bonds is 4. The summed E-state index contributed by atoms with van der Waals surface area (Å²) in [6, 6.07) is 2.36. The predicted octanol–water partition coefficient (Wildman–Crippen LogP) is 0.976. The van der Waals surface area contributed by atoms with Gasteiger partial charge in [0, 0.05) is 39.4 Å². The minimum absolute atomic E-state index is 0.0558. The number of hydrogen-bond donors (Lipinski definition) is 0. The van der Waals surface area contributed by atoms with Crippen LogP contribution in [-0.4, -0.2) is 64.7 Å². The molecule has 1 atom stereocenters. The van der Waals surface area contributed by atoms with Crippen molar-refractivity contribution < 1.29 is 14.4 Å². The first-order valence-electron chi connectivity index (χ1n) is 6.70. The van der Waals surface area contributed by atoms with Crippen LogP contribution in [0, 0.1) is 0 Å². The number of imide groups is 1. The molecule has 0 radical (unpaired) electrons. The van der Waals surface area contributed by atoms with Crippen molar-refractivity contribution in [3.05, 3.63) is 29.0 Å². The Kier molecular flexibility index (Phi) is 4.65. The van der Waals surface area contributed by atoms with Gasteiger partial charge in [0.2, 0.25) is 5.91 Å². The number of carbonyl (C=O) groups excluding carboxylic acids is 3. The number of halogens is 1. The van der Waals surface area contributed by atoms with Gasteiger partial charge in [-0.15, -0.1) is 0 Å². The summed E-state index contributed by atoms with van der Waals surface area (Å²) in [4.78, 5) is 43.6. The summed E-state index contributed by atoms with van der Waals surface area (Å²) in [6.07, 6.45) is 1.51. The Balaban J connectivity index is 2.02. The third-order valence-electron chi connectivity index (χ3n) is 3.71. The van der Waals surface area contributed by atoms with Crippen LogP contribution >= 0.6 is 11.6 Å². The molecule has 0 spiro atoms. The molecule has 1 aromatic heterocycles. The number of carbonyl (C=O) groups is 3. The summed E-state index contributed by atoms with van der Waals surface area (Å²) < 4.78 is 0. The quantitative estimate of drug-likeness (QED) is 0.611. The van der Waals surface area contributed by atoms with E-state index in [1.54, 1.807) is 25.4 Å². The average molecular weight is 325 g/mol. The molecule has 1 fully saturated rings. The minimum atomic E-state index is -0.753. The Labute approximate surface area is 133 Å². The zero-order chi connectivity index (χ0) is 16.4. The van der Waals surface area contributed by atoms with E-state index in [9.17, 15) is 14.4 Å². The molecule has 7 nitrogen and oxygen atoms in total. The molecular formula is C14H17ClN4O3. The first kappa shape index (κ1) is 16.2. The summed E-state index contributed by atoms with van der Waals surface area (Å²) in [5.41, 5.74) is 0.722. The molecule has 0 aliphatic carbocycles. The van der Waals surface area contributed by atoms with Gasteiger partial charge in [0.25, 0.3) is 5.91 Å². The van der Waals surface area contributed by atoms with E-state index in [0.29, 0.717) is 11.7 Å². The van der Waals surface area contributed by atoms with E-state index in [-0.39, 0.29) is 18.2 Å². The van der Waals surface area contributed by atoms with E-state index in [1.165, 1.54) is 23.9 Å². The maximum atomic E-state index is 12.3. The van der Waals surface area contributed by atoms with Crippen LogP contribution in [0.5, 0.6) is 0 Å². The summed E-state index contributed by atoms with van der Waals surface area (Å²) in [6.45, 7) is 0.292. The highest BCUT2D eigenvalue weighted by molar-refractivity contribution is 6.30. The molecule has 0 aromatic carbocycles. The standard InChI is InChI=1S/C14H17ClN4O3/c1-17(8-9-5-4-6-16-12(9)15)11(20)7-10-13(21)19(3)14(22)18(10)2/h4-6,10H,7-8H2,1-3H3/t10-/m1/s1. The number of aromatic nitrogens is 1. The van der Waals surface area contributed by atoms with Crippen molar-refractivity contribution in [3.8, 4) is 0 Å². The molecule has 0 bridgehead atoms. The van der Waals surface area contributed by atoms with Crippen molar-refractivity contribution in [2.75, 3.05) is 21.1 Å². The number of urea groups is 1. The lowest BCUT2D eigenvalue weighted by Gasteiger charge is -2.21. The Bertz CT molecular complexity index is 622. The smallest absolute Gasteiger partial charge is 0.326 e. The molecule has 2 heterocycles. The molecule has 1 aliphatic rings. The van der Waals surface area contributed by atoms with Crippen molar-refractivity contribution in [2.45, 2.75) is 19.0 Å². The number of pyridine rings is 1. The fourth-order valence-electron chi connectivity index (χ4n) is 2.28. The molecule has 22 heavy (non-hydrogen) atoms. The Hall–Kier alpha value is -2.15. The lowest BCUT2D eigenvalue weighted by Crippen LogP contribution is -2.38. The number of hydrogen-bond acceptors (Lipinski definition) is 4. The monoisotopic (exact) mass is 324 g/mol.